The third-order valence-electron chi connectivity index (χ3n) is 2.07. The molecule has 0 heterocycles. The van der Waals surface area contributed by atoms with Crippen LogP contribution in [0.3, 0.4) is 0 Å². The van der Waals surface area contributed by atoms with Crippen molar-refractivity contribution in [1.29, 1.82) is 5.41 Å². The molecule has 6 N–H and O–H groups in total. The Kier molecular flexibility index (Phi) is 7.23. The number of carboxylic acids is 1. The van der Waals surface area contributed by atoms with Crippen LogP contribution in [0, 0.1) is 5.41 Å². The second kappa shape index (κ2) is 7.89. The number of guanidine groups is 1. The van der Waals surface area contributed by atoms with Crippen molar-refractivity contribution in [2.24, 2.45) is 5.73 Å². The van der Waals surface area contributed by atoms with Crippen LogP contribution in [0.15, 0.2) is 0 Å². The largest absolute Gasteiger partial charge is 0.480 e. The number of carbonyl (C=O) groups is 1. The number of nitrogens with zero attached hydrogens (tertiary/aromatic N) is 1. The molecule has 94 valence electrons. The van der Waals surface area contributed by atoms with E-state index in [1.54, 1.807) is 0 Å². The van der Waals surface area contributed by atoms with Crippen LogP contribution in [0.2, 0.25) is 0 Å². The minimum atomic E-state index is -1.04. The van der Waals surface area contributed by atoms with E-state index in [0.717, 1.165) is 5.06 Å². The van der Waals surface area contributed by atoms with E-state index in [1.807, 2.05) is 6.92 Å². The molecule has 0 aromatic carbocycles. The first-order valence-electron chi connectivity index (χ1n) is 5.25. The summed E-state index contributed by atoms with van der Waals surface area (Å²) in [6.07, 6.45) is 1.52. The van der Waals surface area contributed by atoms with Gasteiger partial charge in [0.05, 0.1) is 0 Å². The number of hydrogen-bond donors (Lipinski definition) is 5. The van der Waals surface area contributed by atoms with E-state index in [1.165, 1.54) is 0 Å². The van der Waals surface area contributed by atoms with Gasteiger partial charge >= 0.3 is 5.97 Å². The zero-order chi connectivity index (χ0) is 12.6. The van der Waals surface area contributed by atoms with E-state index in [2.05, 4.69) is 5.32 Å². The van der Waals surface area contributed by atoms with Gasteiger partial charge in [0.15, 0.2) is 5.96 Å². The lowest BCUT2D eigenvalue weighted by atomic mass is 10.1. The lowest BCUT2D eigenvalue weighted by molar-refractivity contribution is -0.170. The molecule has 0 aliphatic carbocycles. The number of carboxylic acid groups (broad SMARTS) is 1. The van der Waals surface area contributed by atoms with Gasteiger partial charge in [0, 0.05) is 13.1 Å². The highest BCUT2D eigenvalue weighted by molar-refractivity contribution is 5.74. The predicted molar refractivity (Wildman–Crippen MR) is 59.4 cm³/mol. The Hall–Kier alpha value is -1.34. The fourth-order valence-corrected chi connectivity index (χ4v) is 1.30. The van der Waals surface area contributed by atoms with E-state index in [0.29, 0.717) is 32.4 Å². The monoisotopic (exact) mass is 232 g/mol. The lowest BCUT2D eigenvalue weighted by Crippen LogP contribution is -2.40. The number of nitrogens with one attached hydrogen (secondary N) is 2. The molecule has 0 rings (SSSR count). The molecule has 0 aliphatic rings. The first-order valence-corrected chi connectivity index (χ1v) is 5.25. The zero-order valence-electron chi connectivity index (χ0n) is 9.44. The topological polar surface area (TPSA) is 123 Å². The number of hydroxylamine groups is 2. The summed E-state index contributed by atoms with van der Waals surface area (Å²) in [5.41, 5.74) is 5.07. The Morgan fingerprint density at radius 1 is 1.62 bits per heavy atom. The van der Waals surface area contributed by atoms with Crippen LogP contribution in [-0.2, 0) is 4.79 Å². The number of nitrogens with two attached hydrogens (primary N) is 1. The van der Waals surface area contributed by atoms with Gasteiger partial charge in [-0.2, -0.15) is 5.06 Å². The lowest BCUT2D eigenvalue weighted by Gasteiger charge is -2.21. The fraction of sp³-hybridized carbons (Fsp3) is 0.778. The molecule has 0 aromatic rings. The standard InChI is InChI=1S/C9H20N4O3/c1-2-6-13(16)7(8(14)15)4-3-5-12-9(10)11/h7,16H,2-6H2,1H3,(H,14,15)(H4,10,11,12). The maximum atomic E-state index is 10.9. The molecule has 0 aromatic heterocycles. The van der Waals surface area contributed by atoms with E-state index in [-0.39, 0.29) is 5.96 Å². The van der Waals surface area contributed by atoms with Gasteiger partial charge < -0.3 is 21.4 Å². The predicted octanol–water partition coefficient (Wildman–Crippen LogP) is -0.196. The molecule has 7 heteroatoms. The molecule has 0 saturated carbocycles. The molecule has 0 saturated heterocycles. The Morgan fingerprint density at radius 3 is 2.69 bits per heavy atom. The van der Waals surface area contributed by atoms with Gasteiger partial charge in [0.2, 0.25) is 0 Å². The second-order valence-corrected chi connectivity index (χ2v) is 3.50. The molecule has 0 aliphatic heterocycles. The molecule has 0 bridgehead atoms. The quantitative estimate of drug-likeness (QED) is 0.171. The van der Waals surface area contributed by atoms with Crippen molar-refractivity contribution < 1.29 is 15.1 Å². The number of aliphatic carboxylic acids is 1. The molecule has 1 unspecified atom stereocenters. The third kappa shape index (κ3) is 6.20. The van der Waals surface area contributed by atoms with Crippen molar-refractivity contribution in [3.8, 4) is 0 Å². The SMILES string of the molecule is CCCN(O)C(CCCNC(=N)N)C(=O)O. The fourth-order valence-electron chi connectivity index (χ4n) is 1.30. The molecular formula is C9H20N4O3. The van der Waals surface area contributed by atoms with Gasteiger partial charge in [-0.15, -0.1) is 0 Å². The Morgan fingerprint density at radius 2 is 2.25 bits per heavy atom. The minimum absolute atomic E-state index is 0.138. The van der Waals surface area contributed by atoms with Gasteiger partial charge in [0.1, 0.15) is 6.04 Å². The van der Waals surface area contributed by atoms with Gasteiger partial charge in [0.25, 0.3) is 0 Å². The summed E-state index contributed by atoms with van der Waals surface area (Å²) in [6, 6.07) is -0.895. The van der Waals surface area contributed by atoms with Gasteiger partial charge in [-0.25, -0.2) is 0 Å². The zero-order valence-corrected chi connectivity index (χ0v) is 9.44. The summed E-state index contributed by atoms with van der Waals surface area (Å²) in [6.45, 7) is 2.62. The van der Waals surface area contributed by atoms with Crippen LogP contribution in [0.5, 0.6) is 0 Å². The summed E-state index contributed by atoms with van der Waals surface area (Å²) < 4.78 is 0. The van der Waals surface area contributed by atoms with Crippen LogP contribution < -0.4 is 11.1 Å². The molecule has 1 atom stereocenters. The normalized spacial score (nSPS) is 12.4. The molecule has 7 nitrogen and oxygen atoms in total. The van der Waals surface area contributed by atoms with Gasteiger partial charge in [-0.1, -0.05) is 6.92 Å². The Labute approximate surface area is 94.7 Å². The molecular weight excluding hydrogens is 212 g/mol. The third-order valence-corrected chi connectivity index (χ3v) is 2.07. The van der Waals surface area contributed by atoms with Crippen LogP contribution in [0.25, 0.3) is 0 Å². The maximum Gasteiger partial charge on any atom is 0.323 e. The highest BCUT2D eigenvalue weighted by Gasteiger charge is 2.22. The molecule has 16 heavy (non-hydrogen) atoms. The van der Waals surface area contributed by atoms with Crippen LogP contribution in [0.1, 0.15) is 26.2 Å². The van der Waals surface area contributed by atoms with Crippen molar-refractivity contribution in [3.63, 3.8) is 0 Å². The summed E-state index contributed by atoms with van der Waals surface area (Å²) >= 11 is 0. The summed E-state index contributed by atoms with van der Waals surface area (Å²) in [4.78, 5) is 10.9. The summed E-state index contributed by atoms with van der Waals surface area (Å²) in [5.74, 6) is -1.18. The van der Waals surface area contributed by atoms with E-state index < -0.39 is 12.0 Å². The average molecular weight is 232 g/mol. The van der Waals surface area contributed by atoms with E-state index in [9.17, 15) is 10.0 Å². The van der Waals surface area contributed by atoms with Crippen molar-refractivity contribution in [2.45, 2.75) is 32.2 Å². The average Bonchev–Trinajstić information content (AvgIpc) is 2.16. The van der Waals surface area contributed by atoms with Crippen molar-refractivity contribution in [1.82, 2.24) is 10.4 Å². The van der Waals surface area contributed by atoms with Gasteiger partial charge in [-0.05, 0) is 19.3 Å². The first-order chi connectivity index (χ1) is 7.49. The molecule has 0 amide bonds. The Balaban J connectivity index is 3.94. The highest BCUT2D eigenvalue weighted by atomic mass is 16.5. The number of hydrogen-bond acceptors (Lipinski definition) is 4. The van der Waals surface area contributed by atoms with Crippen LogP contribution in [0.4, 0.5) is 0 Å². The van der Waals surface area contributed by atoms with E-state index in [4.69, 9.17) is 16.2 Å². The highest BCUT2D eigenvalue weighted by Crippen LogP contribution is 2.05. The van der Waals surface area contributed by atoms with Crippen molar-refractivity contribution >= 4 is 11.9 Å². The molecule has 0 fully saturated rings. The summed E-state index contributed by atoms with van der Waals surface area (Å²) in [5, 5.41) is 28.7. The van der Waals surface area contributed by atoms with Crippen molar-refractivity contribution in [3.05, 3.63) is 0 Å². The molecule has 0 spiro atoms. The summed E-state index contributed by atoms with van der Waals surface area (Å²) in [7, 11) is 0. The second-order valence-electron chi connectivity index (χ2n) is 3.50. The van der Waals surface area contributed by atoms with E-state index >= 15 is 0 Å². The minimum Gasteiger partial charge on any atom is -0.480 e. The smallest absolute Gasteiger partial charge is 0.323 e. The maximum absolute atomic E-state index is 10.9. The van der Waals surface area contributed by atoms with Crippen molar-refractivity contribution in [2.75, 3.05) is 13.1 Å². The van der Waals surface area contributed by atoms with Crippen LogP contribution in [-0.4, -0.2) is 46.4 Å². The van der Waals surface area contributed by atoms with Gasteiger partial charge in [-0.3, -0.25) is 10.2 Å². The van der Waals surface area contributed by atoms with Crippen LogP contribution >= 0.6 is 0 Å². The number of rotatable bonds is 8. The Bertz CT molecular complexity index is 235. The molecule has 0 radical (unpaired) electrons. The first kappa shape index (κ1) is 14.7.